The van der Waals surface area contributed by atoms with Crippen molar-refractivity contribution in [2.75, 3.05) is 16.8 Å². The Bertz CT molecular complexity index is 2030. The number of fused-ring (bicyclic) bond motifs is 2. The van der Waals surface area contributed by atoms with E-state index in [2.05, 4.69) is 31.8 Å². The van der Waals surface area contributed by atoms with Crippen LogP contribution in [0.2, 0.25) is 0 Å². The van der Waals surface area contributed by atoms with Gasteiger partial charge in [0.15, 0.2) is 5.78 Å². The van der Waals surface area contributed by atoms with Gasteiger partial charge >= 0.3 is 0 Å². The standard InChI is InChI=1S/C38H37N7O3/c1-23(40-4)37(47)41-34-24(2)44(22-26-17-19-27(20-18-26)25(3)46)32-15-9-10-16-33(32)45(38(34)48)36(29-12-6-5-11-28(29)21-39)35-30-13-7-8-14-31(30)42-43-35/h5-20,23-24,34,36,40H,22H2,1-4H3,(H,41,47)(H,42,43)/t23?,24-,34-,36-/m0/s1. The van der Waals surface area contributed by atoms with E-state index < -0.39 is 24.2 Å². The lowest BCUT2D eigenvalue weighted by molar-refractivity contribution is -0.129. The molecule has 5 aromatic rings. The number of para-hydroxylation sites is 3. The fourth-order valence-electron chi connectivity index (χ4n) is 6.36. The molecule has 1 aromatic heterocycles. The molecule has 0 radical (unpaired) electrons. The van der Waals surface area contributed by atoms with E-state index in [0.717, 1.165) is 22.2 Å². The lowest BCUT2D eigenvalue weighted by Crippen LogP contribution is -2.59. The number of carbonyl (C=O) groups is 3. The first-order valence-electron chi connectivity index (χ1n) is 15.9. The molecule has 10 heteroatoms. The van der Waals surface area contributed by atoms with Crippen LogP contribution in [0.5, 0.6) is 0 Å². The van der Waals surface area contributed by atoms with E-state index in [1.54, 1.807) is 43.1 Å². The molecule has 0 spiro atoms. The third kappa shape index (κ3) is 5.92. The summed E-state index contributed by atoms with van der Waals surface area (Å²) in [7, 11) is 1.69. The van der Waals surface area contributed by atoms with Gasteiger partial charge in [-0.2, -0.15) is 10.4 Å². The topological polar surface area (TPSA) is 134 Å². The van der Waals surface area contributed by atoms with Crippen molar-refractivity contribution in [2.24, 2.45) is 0 Å². The van der Waals surface area contributed by atoms with Crippen molar-refractivity contribution >= 4 is 39.9 Å². The third-order valence-electron chi connectivity index (χ3n) is 9.16. The second kappa shape index (κ2) is 13.5. The van der Waals surface area contributed by atoms with Crippen LogP contribution in [0, 0.1) is 11.3 Å². The van der Waals surface area contributed by atoms with Crippen LogP contribution in [0.1, 0.15) is 59.6 Å². The number of rotatable bonds is 9. The van der Waals surface area contributed by atoms with Crippen molar-refractivity contribution in [3.05, 3.63) is 125 Å². The lowest BCUT2D eigenvalue weighted by atomic mass is 9.93. The van der Waals surface area contributed by atoms with Crippen LogP contribution < -0.4 is 20.4 Å². The second-order valence-corrected chi connectivity index (χ2v) is 12.1. The zero-order chi connectivity index (χ0) is 33.9. The number of carbonyl (C=O) groups excluding carboxylic acids is 3. The molecule has 10 nitrogen and oxygen atoms in total. The number of benzene rings is 4. The van der Waals surface area contributed by atoms with Crippen molar-refractivity contribution in [3.63, 3.8) is 0 Å². The molecule has 4 atom stereocenters. The monoisotopic (exact) mass is 639 g/mol. The van der Waals surface area contributed by atoms with Crippen molar-refractivity contribution in [3.8, 4) is 6.07 Å². The van der Waals surface area contributed by atoms with Crippen LogP contribution in [-0.4, -0.2) is 53.0 Å². The summed E-state index contributed by atoms with van der Waals surface area (Å²) in [5, 5.41) is 24.9. The molecule has 0 fully saturated rings. The maximum Gasteiger partial charge on any atom is 0.252 e. The summed E-state index contributed by atoms with van der Waals surface area (Å²) in [6.07, 6.45) is 0. The van der Waals surface area contributed by atoms with Crippen molar-refractivity contribution in [2.45, 2.75) is 51.5 Å². The molecule has 1 unspecified atom stereocenters. The first-order chi connectivity index (χ1) is 23.2. The Morgan fingerprint density at radius 3 is 2.33 bits per heavy atom. The number of amides is 2. The first kappa shape index (κ1) is 32.2. The molecule has 48 heavy (non-hydrogen) atoms. The molecule has 1 aliphatic rings. The summed E-state index contributed by atoms with van der Waals surface area (Å²) in [5.74, 6) is -0.675. The van der Waals surface area contributed by atoms with Gasteiger partial charge in [0.2, 0.25) is 5.91 Å². The third-order valence-corrected chi connectivity index (χ3v) is 9.16. The molecule has 0 aliphatic carbocycles. The van der Waals surface area contributed by atoms with E-state index in [4.69, 9.17) is 0 Å². The highest BCUT2D eigenvalue weighted by Gasteiger charge is 2.44. The molecule has 242 valence electrons. The minimum Gasteiger partial charge on any atom is -0.360 e. The number of likely N-dealkylation sites (N-methyl/N-ethyl adjacent to an activating group) is 1. The van der Waals surface area contributed by atoms with Crippen LogP contribution >= 0.6 is 0 Å². The summed E-state index contributed by atoms with van der Waals surface area (Å²) in [5.41, 5.74) is 5.33. The number of aromatic amines is 1. The molecule has 0 saturated heterocycles. The zero-order valence-electron chi connectivity index (χ0n) is 27.3. The van der Waals surface area contributed by atoms with Crippen molar-refractivity contribution in [1.29, 1.82) is 5.26 Å². The van der Waals surface area contributed by atoms with E-state index in [1.165, 1.54) is 6.92 Å². The van der Waals surface area contributed by atoms with E-state index in [9.17, 15) is 14.9 Å². The van der Waals surface area contributed by atoms with Gasteiger partial charge in [-0.15, -0.1) is 0 Å². The molecular weight excluding hydrogens is 602 g/mol. The molecule has 3 N–H and O–H groups in total. The summed E-state index contributed by atoms with van der Waals surface area (Å²) in [4.78, 5) is 44.5. The Balaban J connectivity index is 1.59. The average Bonchev–Trinajstić information content (AvgIpc) is 3.52. The Labute approximate surface area is 279 Å². The average molecular weight is 640 g/mol. The number of aromatic nitrogens is 2. The van der Waals surface area contributed by atoms with Crippen molar-refractivity contribution in [1.82, 2.24) is 20.8 Å². The van der Waals surface area contributed by atoms with Gasteiger partial charge in [-0.1, -0.05) is 72.8 Å². The fraction of sp³-hybridized carbons (Fsp3) is 0.237. The molecule has 2 heterocycles. The van der Waals surface area contributed by atoms with Gasteiger partial charge in [0.25, 0.3) is 5.91 Å². The lowest BCUT2D eigenvalue weighted by Gasteiger charge is -2.35. The van der Waals surface area contributed by atoms with E-state index >= 15 is 4.79 Å². The molecule has 0 saturated carbocycles. The van der Waals surface area contributed by atoms with Gasteiger partial charge < -0.3 is 15.5 Å². The Kier molecular flexibility index (Phi) is 9.06. The van der Waals surface area contributed by atoms with Gasteiger partial charge in [-0.3, -0.25) is 24.4 Å². The number of nitrogens with zero attached hydrogens (tertiary/aromatic N) is 4. The van der Waals surface area contributed by atoms with Crippen LogP contribution in [0.4, 0.5) is 11.4 Å². The van der Waals surface area contributed by atoms with Crippen LogP contribution in [0.25, 0.3) is 10.9 Å². The number of nitriles is 1. The molecular formula is C38H37N7O3. The van der Waals surface area contributed by atoms with Crippen molar-refractivity contribution < 1.29 is 14.4 Å². The van der Waals surface area contributed by atoms with Gasteiger partial charge in [0.05, 0.1) is 46.3 Å². The second-order valence-electron chi connectivity index (χ2n) is 12.1. The molecule has 1 aliphatic heterocycles. The van der Waals surface area contributed by atoms with Crippen LogP contribution in [-0.2, 0) is 16.1 Å². The highest BCUT2D eigenvalue weighted by atomic mass is 16.2. The highest BCUT2D eigenvalue weighted by molar-refractivity contribution is 6.06. The van der Waals surface area contributed by atoms with E-state index in [1.807, 2.05) is 79.7 Å². The first-order valence-corrected chi connectivity index (χ1v) is 15.9. The summed E-state index contributed by atoms with van der Waals surface area (Å²) < 4.78 is 0. The number of ketones is 1. The number of anilines is 2. The molecule has 0 bridgehead atoms. The minimum atomic E-state index is -0.983. The quantitative estimate of drug-likeness (QED) is 0.187. The fourth-order valence-corrected chi connectivity index (χ4v) is 6.36. The zero-order valence-corrected chi connectivity index (χ0v) is 27.3. The predicted octanol–water partition coefficient (Wildman–Crippen LogP) is 5.26. The normalized spacial score (nSPS) is 17.3. The van der Waals surface area contributed by atoms with Crippen LogP contribution in [0.3, 0.4) is 0 Å². The summed E-state index contributed by atoms with van der Waals surface area (Å²) in [6.45, 7) is 5.61. The number of Topliss-reactive ketones (excluding diaryl/α,β-unsaturated/α-hetero) is 1. The maximum absolute atomic E-state index is 15.2. The van der Waals surface area contributed by atoms with Gasteiger partial charge in [-0.25, -0.2) is 0 Å². The summed E-state index contributed by atoms with van der Waals surface area (Å²) >= 11 is 0. The summed E-state index contributed by atoms with van der Waals surface area (Å²) in [6, 6.07) is 29.5. The predicted molar refractivity (Wildman–Crippen MR) is 186 cm³/mol. The number of H-pyrrole nitrogens is 1. The van der Waals surface area contributed by atoms with Gasteiger partial charge in [0, 0.05) is 17.5 Å². The molecule has 4 aromatic carbocycles. The van der Waals surface area contributed by atoms with E-state index in [-0.39, 0.29) is 17.6 Å². The smallest absolute Gasteiger partial charge is 0.252 e. The van der Waals surface area contributed by atoms with E-state index in [0.29, 0.717) is 34.6 Å². The largest absolute Gasteiger partial charge is 0.360 e. The van der Waals surface area contributed by atoms with Gasteiger partial charge in [-0.05, 0) is 63.2 Å². The number of hydrogen-bond acceptors (Lipinski definition) is 7. The maximum atomic E-state index is 15.2. The minimum absolute atomic E-state index is 0.0206. The van der Waals surface area contributed by atoms with Gasteiger partial charge in [0.1, 0.15) is 12.1 Å². The Hall–Kier alpha value is -5.79. The SMILES string of the molecule is CNC(C)C(=O)N[C@@H]1C(=O)N([C@@H](c2ccccc2C#N)c2[nH]nc3ccccc23)c2ccccc2N(Cc2ccc(C(C)=O)cc2)[C@H]1C. The number of hydrogen-bond donors (Lipinski definition) is 3. The van der Waals surface area contributed by atoms with Crippen LogP contribution in [0.15, 0.2) is 97.1 Å². The highest BCUT2D eigenvalue weighted by Crippen LogP contribution is 2.44. The molecule has 6 rings (SSSR count). The molecule has 2 amide bonds. The Morgan fingerprint density at radius 2 is 1.62 bits per heavy atom. The number of nitrogens with one attached hydrogen (secondary N) is 3. The Morgan fingerprint density at radius 1 is 0.958 bits per heavy atom.